The summed E-state index contributed by atoms with van der Waals surface area (Å²) in [6.45, 7) is 3.89. The van der Waals surface area contributed by atoms with E-state index in [9.17, 15) is 13.2 Å². The topological polar surface area (TPSA) is 96.5 Å². The second-order valence-corrected chi connectivity index (χ2v) is 8.73. The molecule has 0 aliphatic carbocycles. The van der Waals surface area contributed by atoms with Gasteiger partial charge < -0.3 is 4.74 Å². The molecule has 0 saturated carbocycles. The number of ether oxygens (including phenoxy) is 1. The Balaban J connectivity index is 1.72. The maximum absolute atomic E-state index is 12.6. The fraction of sp³-hybridized carbons (Fsp3) is 0.0500. The van der Waals surface area contributed by atoms with Crippen molar-refractivity contribution in [2.75, 3.05) is 11.8 Å². The van der Waals surface area contributed by atoms with Crippen LogP contribution in [0.25, 0.3) is 5.70 Å². The summed E-state index contributed by atoms with van der Waals surface area (Å²) in [5.74, 6) is 0.142. The van der Waals surface area contributed by atoms with Crippen molar-refractivity contribution in [2.24, 2.45) is 0 Å². The van der Waals surface area contributed by atoms with E-state index >= 15 is 0 Å². The molecule has 1 amide bonds. The summed E-state index contributed by atoms with van der Waals surface area (Å²) >= 11 is 1.09. The highest BCUT2D eigenvalue weighted by Crippen LogP contribution is 2.23. The number of benzene rings is 2. The quantitative estimate of drug-likeness (QED) is 0.477. The second kappa shape index (κ2) is 8.80. The van der Waals surface area contributed by atoms with Gasteiger partial charge in [0.2, 0.25) is 0 Å². The molecule has 0 atom stereocenters. The molecule has 0 saturated heterocycles. The van der Waals surface area contributed by atoms with Crippen LogP contribution in [0, 0.1) is 0 Å². The summed E-state index contributed by atoms with van der Waals surface area (Å²) in [5, 5.41) is 1.67. The molecule has 0 bridgehead atoms. The number of anilines is 1. The van der Waals surface area contributed by atoms with Crippen LogP contribution < -0.4 is 20.3 Å². The lowest BCUT2D eigenvalue weighted by Gasteiger charge is -2.14. The van der Waals surface area contributed by atoms with E-state index in [1.54, 1.807) is 48.9 Å². The first-order valence-corrected chi connectivity index (χ1v) is 10.8. The van der Waals surface area contributed by atoms with E-state index in [2.05, 4.69) is 22.2 Å². The van der Waals surface area contributed by atoms with Crippen LogP contribution in [0.5, 0.6) is 5.75 Å². The predicted molar refractivity (Wildman–Crippen MR) is 114 cm³/mol. The summed E-state index contributed by atoms with van der Waals surface area (Å²) in [4.78, 5) is 12.6. The summed E-state index contributed by atoms with van der Waals surface area (Å²) < 4.78 is 32.7. The molecule has 0 fully saturated rings. The van der Waals surface area contributed by atoms with Crippen molar-refractivity contribution in [1.82, 2.24) is 10.9 Å². The fourth-order valence-electron chi connectivity index (χ4n) is 2.46. The Morgan fingerprint density at radius 3 is 2.55 bits per heavy atom. The van der Waals surface area contributed by atoms with Crippen LogP contribution in [0.15, 0.2) is 76.8 Å². The number of para-hydroxylation sites is 1. The van der Waals surface area contributed by atoms with Gasteiger partial charge in [-0.3, -0.25) is 20.4 Å². The molecule has 0 unspecified atom stereocenters. The first-order chi connectivity index (χ1) is 13.9. The average molecular weight is 430 g/mol. The fourth-order valence-corrected chi connectivity index (χ4v) is 4.54. The predicted octanol–water partition coefficient (Wildman–Crippen LogP) is 3.46. The molecule has 0 spiro atoms. The van der Waals surface area contributed by atoms with Crippen molar-refractivity contribution in [2.45, 2.75) is 4.21 Å². The molecule has 3 rings (SSSR count). The summed E-state index contributed by atoms with van der Waals surface area (Å²) in [6, 6.07) is 16.7. The molecule has 2 aromatic carbocycles. The number of rotatable bonds is 8. The van der Waals surface area contributed by atoms with Gasteiger partial charge in [-0.05, 0) is 35.7 Å². The van der Waals surface area contributed by atoms with Gasteiger partial charge >= 0.3 is 0 Å². The van der Waals surface area contributed by atoms with Gasteiger partial charge in [0, 0.05) is 5.56 Å². The molecule has 3 N–H and O–H groups in total. The zero-order valence-corrected chi connectivity index (χ0v) is 17.1. The zero-order valence-electron chi connectivity index (χ0n) is 15.5. The maximum Gasteiger partial charge on any atom is 0.271 e. The van der Waals surface area contributed by atoms with E-state index in [4.69, 9.17) is 4.74 Å². The van der Waals surface area contributed by atoms with Crippen molar-refractivity contribution in [3.63, 3.8) is 0 Å². The highest BCUT2D eigenvalue weighted by Gasteiger charge is 2.19. The van der Waals surface area contributed by atoms with Gasteiger partial charge in [0.1, 0.15) is 9.96 Å². The van der Waals surface area contributed by atoms with Gasteiger partial charge in [0.05, 0.1) is 24.1 Å². The standard InChI is InChI=1S/C20H19N3O4S2/c1-14(15-7-5-8-16(13-15)27-2)21-22-20(24)17-9-3-4-10-18(17)23-29(25,26)19-11-6-12-28-19/h3-13,21,23H,1H2,2H3,(H,22,24). The number of carbonyl (C=O) groups is 1. The summed E-state index contributed by atoms with van der Waals surface area (Å²) in [7, 11) is -2.21. The lowest BCUT2D eigenvalue weighted by atomic mass is 10.1. The molecule has 0 aliphatic rings. The van der Waals surface area contributed by atoms with Gasteiger partial charge in [0.15, 0.2) is 0 Å². The average Bonchev–Trinajstić information content (AvgIpc) is 3.28. The van der Waals surface area contributed by atoms with E-state index in [0.29, 0.717) is 11.4 Å². The van der Waals surface area contributed by atoms with E-state index in [1.165, 1.54) is 18.2 Å². The summed E-state index contributed by atoms with van der Waals surface area (Å²) in [5.41, 5.74) is 6.80. The van der Waals surface area contributed by atoms with Crippen molar-refractivity contribution in [3.8, 4) is 5.75 Å². The first-order valence-electron chi connectivity index (χ1n) is 8.46. The van der Waals surface area contributed by atoms with E-state index < -0.39 is 15.9 Å². The minimum Gasteiger partial charge on any atom is -0.497 e. The van der Waals surface area contributed by atoms with Gasteiger partial charge in [-0.25, -0.2) is 8.42 Å². The third-order valence-electron chi connectivity index (χ3n) is 3.92. The normalized spacial score (nSPS) is 10.8. The second-order valence-electron chi connectivity index (χ2n) is 5.87. The Morgan fingerprint density at radius 2 is 1.83 bits per heavy atom. The molecule has 9 heteroatoms. The Bertz CT molecular complexity index is 1130. The molecule has 0 aliphatic heterocycles. The monoisotopic (exact) mass is 429 g/mol. The SMILES string of the molecule is C=C(NNC(=O)c1ccccc1NS(=O)(=O)c1cccs1)c1cccc(OC)c1. The van der Waals surface area contributed by atoms with Crippen molar-refractivity contribution >= 4 is 38.7 Å². The lowest BCUT2D eigenvalue weighted by Crippen LogP contribution is -2.36. The van der Waals surface area contributed by atoms with Crippen molar-refractivity contribution < 1.29 is 17.9 Å². The zero-order chi connectivity index (χ0) is 20.9. The smallest absolute Gasteiger partial charge is 0.271 e. The molecule has 7 nitrogen and oxygen atoms in total. The highest BCUT2D eigenvalue weighted by molar-refractivity contribution is 7.94. The van der Waals surface area contributed by atoms with Crippen molar-refractivity contribution in [1.29, 1.82) is 0 Å². The number of hydrogen-bond donors (Lipinski definition) is 3. The molecule has 1 heterocycles. The van der Waals surface area contributed by atoms with Crippen LogP contribution in [-0.2, 0) is 10.0 Å². The number of nitrogens with one attached hydrogen (secondary N) is 3. The summed E-state index contributed by atoms with van der Waals surface area (Å²) in [6.07, 6.45) is 0. The van der Waals surface area contributed by atoms with Crippen LogP contribution >= 0.6 is 11.3 Å². The lowest BCUT2D eigenvalue weighted by molar-refractivity contribution is 0.0943. The van der Waals surface area contributed by atoms with Gasteiger partial charge in [-0.2, -0.15) is 0 Å². The van der Waals surface area contributed by atoms with Crippen LogP contribution in [0.4, 0.5) is 5.69 Å². The van der Waals surface area contributed by atoms with Crippen molar-refractivity contribution in [3.05, 3.63) is 83.7 Å². The molecule has 0 radical (unpaired) electrons. The van der Waals surface area contributed by atoms with Crippen LogP contribution in [0.1, 0.15) is 15.9 Å². The number of carbonyl (C=O) groups excluding carboxylic acids is 1. The van der Waals surface area contributed by atoms with Crippen LogP contribution in [-0.4, -0.2) is 21.4 Å². The molecular weight excluding hydrogens is 410 g/mol. The van der Waals surface area contributed by atoms with Gasteiger partial charge in [-0.15, -0.1) is 11.3 Å². The van der Waals surface area contributed by atoms with Crippen LogP contribution in [0.2, 0.25) is 0 Å². The van der Waals surface area contributed by atoms with E-state index in [-0.39, 0.29) is 15.5 Å². The number of amides is 1. The number of methoxy groups -OCH3 is 1. The highest BCUT2D eigenvalue weighted by atomic mass is 32.2. The number of sulfonamides is 1. The largest absolute Gasteiger partial charge is 0.497 e. The number of hydrogen-bond acceptors (Lipinski definition) is 6. The molecular formula is C20H19N3O4S2. The minimum atomic E-state index is -3.77. The Hall–Kier alpha value is -3.30. The number of hydrazine groups is 1. The molecule has 3 aromatic rings. The minimum absolute atomic E-state index is 0.164. The molecule has 1 aromatic heterocycles. The molecule has 29 heavy (non-hydrogen) atoms. The van der Waals surface area contributed by atoms with E-state index in [0.717, 1.165) is 16.9 Å². The number of thiophene rings is 1. The Morgan fingerprint density at radius 1 is 1.03 bits per heavy atom. The first kappa shape index (κ1) is 20.4. The third kappa shape index (κ3) is 4.95. The Kier molecular flexibility index (Phi) is 6.20. The molecule has 150 valence electrons. The maximum atomic E-state index is 12.6. The van der Waals surface area contributed by atoms with Crippen LogP contribution in [0.3, 0.4) is 0 Å². The Labute approximate surface area is 173 Å². The van der Waals surface area contributed by atoms with Gasteiger partial charge in [-0.1, -0.05) is 36.9 Å². The van der Waals surface area contributed by atoms with Gasteiger partial charge in [0.25, 0.3) is 15.9 Å². The van der Waals surface area contributed by atoms with E-state index in [1.807, 2.05) is 6.07 Å². The third-order valence-corrected chi connectivity index (χ3v) is 6.68.